The number of rotatable bonds is 4. The summed E-state index contributed by atoms with van der Waals surface area (Å²) in [5.74, 6) is 0.775. The number of carbonyl (C=O) groups excluding carboxylic acids is 1. The Kier molecular flexibility index (Phi) is 3.99. The summed E-state index contributed by atoms with van der Waals surface area (Å²) in [5, 5.41) is 2.97. The summed E-state index contributed by atoms with van der Waals surface area (Å²) in [7, 11) is 3.23. The maximum absolute atomic E-state index is 11.8. The Morgan fingerprint density at radius 2 is 2.08 bits per heavy atom. The number of carbonyl (C=O) groups is 1. The minimum absolute atomic E-state index is 0.0915. The quantitative estimate of drug-likeness (QED) is 0.856. The van der Waals surface area contributed by atoms with Gasteiger partial charge in [-0.2, -0.15) is 0 Å². The summed E-state index contributed by atoms with van der Waals surface area (Å²) in [5.41, 5.74) is 4.86. The lowest BCUT2D eigenvalue weighted by Crippen LogP contribution is -2.31. The van der Waals surface area contributed by atoms with Crippen LogP contribution in [0.3, 0.4) is 0 Å². The number of benzene rings is 1. The first-order chi connectivity index (χ1) is 12.2. The normalized spacial score (nSPS) is 18.8. The van der Waals surface area contributed by atoms with E-state index >= 15 is 0 Å². The molecule has 0 spiro atoms. The van der Waals surface area contributed by atoms with Gasteiger partial charge in [-0.3, -0.25) is 4.79 Å². The minimum atomic E-state index is -0.413. The van der Waals surface area contributed by atoms with E-state index in [9.17, 15) is 4.79 Å². The Labute approximate surface area is 146 Å². The fraction of sp³-hybridized carbons (Fsp3) is 0.263. The van der Waals surface area contributed by atoms with Crippen molar-refractivity contribution in [2.45, 2.75) is 12.7 Å². The van der Waals surface area contributed by atoms with E-state index in [1.54, 1.807) is 20.3 Å². The third kappa shape index (κ3) is 2.69. The number of nitrogens with zero attached hydrogens (tertiary/aromatic N) is 2. The first-order valence-corrected chi connectivity index (χ1v) is 8.15. The molecule has 0 unspecified atom stereocenters. The second kappa shape index (κ2) is 6.31. The molecule has 6 heteroatoms. The molecule has 0 fully saturated rings. The lowest BCUT2D eigenvalue weighted by atomic mass is 10.1. The third-order valence-corrected chi connectivity index (χ3v) is 4.53. The highest BCUT2D eigenvalue weighted by molar-refractivity contribution is 6.03. The third-order valence-electron chi connectivity index (χ3n) is 4.53. The predicted molar refractivity (Wildman–Crippen MR) is 93.5 cm³/mol. The van der Waals surface area contributed by atoms with E-state index in [4.69, 9.17) is 9.47 Å². The molecule has 1 aromatic rings. The number of hydrogen-bond donors (Lipinski definition) is 1. The number of ether oxygens (including phenoxy) is 2. The number of amidine groups is 1. The van der Waals surface area contributed by atoms with E-state index in [2.05, 4.69) is 15.2 Å². The molecule has 4 rings (SSSR count). The highest BCUT2D eigenvalue weighted by atomic mass is 16.7. The van der Waals surface area contributed by atoms with Crippen molar-refractivity contribution in [2.24, 2.45) is 4.99 Å². The Balaban J connectivity index is 1.75. The van der Waals surface area contributed by atoms with Crippen LogP contribution in [0.1, 0.15) is 23.8 Å². The van der Waals surface area contributed by atoms with Crippen molar-refractivity contribution in [2.75, 3.05) is 20.8 Å². The molecule has 128 valence electrons. The molecule has 3 heterocycles. The SMILES string of the molecule is COC(OC)c1cccc(C2=NC=C3C=CC(=O)NC4=C3N2CC4)c1. The average molecular weight is 337 g/mol. The fourth-order valence-electron chi connectivity index (χ4n) is 3.44. The van der Waals surface area contributed by atoms with Gasteiger partial charge in [0.05, 0.1) is 5.70 Å². The Hall–Kier alpha value is -2.70. The number of methoxy groups -OCH3 is 2. The maximum Gasteiger partial charge on any atom is 0.248 e. The summed E-state index contributed by atoms with van der Waals surface area (Å²) < 4.78 is 10.7. The first kappa shape index (κ1) is 15.8. The van der Waals surface area contributed by atoms with Gasteiger partial charge in [-0.05, 0) is 12.1 Å². The fourth-order valence-corrected chi connectivity index (χ4v) is 3.44. The summed E-state index contributed by atoms with van der Waals surface area (Å²) in [6, 6.07) is 7.99. The van der Waals surface area contributed by atoms with Crippen molar-refractivity contribution in [1.82, 2.24) is 10.2 Å². The molecule has 25 heavy (non-hydrogen) atoms. The lowest BCUT2D eigenvalue weighted by Gasteiger charge is -2.28. The monoisotopic (exact) mass is 337 g/mol. The molecule has 0 aliphatic carbocycles. The molecule has 1 N–H and O–H groups in total. The van der Waals surface area contributed by atoms with Crippen LogP contribution in [-0.4, -0.2) is 37.4 Å². The van der Waals surface area contributed by atoms with Crippen LogP contribution in [0.4, 0.5) is 0 Å². The van der Waals surface area contributed by atoms with Crippen molar-refractivity contribution in [3.05, 3.63) is 70.7 Å². The number of nitrogens with one attached hydrogen (secondary N) is 1. The first-order valence-electron chi connectivity index (χ1n) is 8.15. The smallest absolute Gasteiger partial charge is 0.248 e. The van der Waals surface area contributed by atoms with Gasteiger partial charge in [-0.25, -0.2) is 4.99 Å². The second-order valence-corrected chi connectivity index (χ2v) is 6.02. The molecule has 1 aromatic carbocycles. The summed E-state index contributed by atoms with van der Waals surface area (Å²) >= 11 is 0. The summed E-state index contributed by atoms with van der Waals surface area (Å²) in [4.78, 5) is 18.6. The van der Waals surface area contributed by atoms with Crippen LogP contribution in [0.2, 0.25) is 0 Å². The highest BCUT2D eigenvalue weighted by Gasteiger charge is 2.32. The van der Waals surface area contributed by atoms with Crippen molar-refractivity contribution in [3.8, 4) is 0 Å². The number of amides is 1. The summed E-state index contributed by atoms with van der Waals surface area (Å²) in [6.07, 6.45) is 5.56. The van der Waals surface area contributed by atoms with E-state index in [1.165, 1.54) is 0 Å². The van der Waals surface area contributed by atoms with Gasteiger partial charge in [0, 0.05) is 61.9 Å². The number of aliphatic imine (C=N–C) groups is 1. The lowest BCUT2D eigenvalue weighted by molar-refractivity contribution is -0.115. The molecule has 0 aromatic heterocycles. The summed E-state index contributed by atoms with van der Waals surface area (Å²) in [6.45, 7) is 0.789. The van der Waals surface area contributed by atoms with Gasteiger partial charge in [0.15, 0.2) is 6.29 Å². The molecular weight excluding hydrogens is 318 g/mol. The number of allylic oxidation sites excluding steroid dienone is 1. The average Bonchev–Trinajstić information content (AvgIpc) is 2.97. The van der Waals surface area contributed by atoms with Gasteiger partial charge >= 0.3 is 0 Å². The van der Waals surface area contributed by atoms with Gasteiger partial charge in [-0.1, -0.05) is 18.2 Å². The van der Waals surface area contributed by atoms with Gasteiger partial charge < -0.3 is 19.7 Å². The highest BCUT2D eigenvalue weighted by Crippen LogP contribution is 2.34. The van der Waals surface area contributed by atoms with Crippen LogP contribution in [-0.2, 0) is 14.3 Å². The van der Waals surface area contributed by atoms with Crippen LogP contribution in [0.25, 0.3) is 0 Å². The molecule has 0 atom stereocenters. The molecular formula is C19H19N3O3. The van der Waals surface area contributed by atoms with Crippen molar-refractivity contribution in [3.63, 3.8) is 0 Å². The van der Waals surface area contributed by atoms with Crippen molar-refractivity contribution >= 4 is 11.7 Å². The van der Waals surface area contributed by atoms with Gasteiger partial charge in [0.2, 0.25) is 5.91 Å². The van der Waals surface area contributed by atoms with E-state index < -0.39 is 6.29 Å². The van der Waals surface area contributed by atoms with Gasteiger partial charge in [0.25, 0.3) is 0 Å². The van der Waals surface area contributed by atoms with Crippen LogP contribution >= 0.6 is 0 Å². The van der Waals surface area contributed by atoms with Gasteiger partial charge in [-0.15, -0.1) is 0 Å². The van der Waals surface area contributed by atoms with Crippen LogP contribution in [0.15, 0.2) is 64.6 Å². The zero-order valence-electron chi connectivity index (χ0n) is 14.2. The topological polar surface area (TPSA) is 63.2 Å². The number of hydrogen-bond acceptors (Lipinski definition) is 5. The molecule has 1 amide bonds. The Bertz CT molecular complexity index is 847. The maximum atomic E-state index is 11.8. The zero-order chi connectivity index (χ0) is 17.4. The van der Waals surface area contributed by atoms with Crippen LogP contribution in [0.5, 0.6) is 0 Å². The molecule has 0 bridgehead atoms. The molecule has 0 saturated carbocycles. The standard InChI is InChI=1S/C19H19N3O3/c1-24-19(25-2)13-5-3-4-12(10-13)18-20-11-14-6-7-16(23)21-15-8-9-22(18)17(14)15/h3-7,10-11,19H,8-9H2,1-2H3,(H,21,23). The van der Waals surface area contributed by atoms with E-state index in [0.717, 1.165) is 46.9 Å². The molecule has 0 radical (unpaired) electrons. The van der Waals surface area contributed by atoms with E-state index in [1.807, 2.05) is 36.5 Å². The minimum Gasteiger partial charge on any atom is -0.352 e. The predicted octanol–water partition coefficient (Wildman–Crippen LogP) is 2.23. The Morgan fingerprint density at radius 1 is 1.24 bits per heavy atom. The largest absolute Gasteiger partial charge is 0.352 e. The zero-order valence-corrected chi connectivity index (χ0v) is 14.2. The van der Waals surface area contributed by atoms with E-state index in [0.29, 0.717) is 0 Å². The molecule has 6 nitrogen and oxygen atoms in total. The molecule has 3 aliphatic heterocycles. The van der Waals surface area contributed by atoms with Crippen LogP contribution < -0.4 is 5.32 Å². The van der Waals surface area contributed by atoms with Crippen molar-refractivity contribution in [1.29, 1.82) is 0 Å². The van der Waals surface area contributed by atoms with Crippen molar-refractivity contribution < 1.29 is 14.3 Å². The second-order valence-electron chi connectivity index (χ2n) is 6.02. The molecule has 0 saturated heterocycles. The van der Waals surface area contributed by atoms with E-state index in [-0.39, 0.29) is 5.91 Å². The van der Waals surface area contributed by atoms with Crippen LogP contribution in [0, 0.1) is 0 Å². The Morgan fingerprint density at radius 3 is 2.88 bits per heavy atom. The van der Waals surface area contributed by atoms with Gasteiger partial charge in [0.1, 0.15) is 5.84 Å². The molecule has 3 aliphatic rings.